The van der Waals surface area contributed by atoms with E-state index in [0.717, 1.165) is 76.6 Å². The van der Waals surface area contributed by atoms with Crippen LogP contribution in [0.4, 0.5) is 19.0 Å². The molecule has 2 unspecified atom stereocenters. The van der Waals surface area contributed by atoms with E-state index >= 15 is 8.78 Å². The van der Waals surface area contributed by atoms with Gasteiger partial charge in [0.05, 0.1) is 30.2 Å². The molecule has 6 heterocycles. The summed E-state index contributed by atoms with van der Waals surface area (Å²) in [5.41, 5.74) is 1.97. The molecule has 5 N–H and O–H groups in total. The van der Waals surface area contributed by atoms with E-state index < -0.39 is 59.0 Å². The van der Waals surface area contributed by atoms with Gasteiger partial charge in [0.1, 0.15) is 53.1 Å². The number of aromatic nitrogens is 3. The van der Waals surface area contributed by atoms with Gasteiger partial charge in [-0.3, -0.25) is 19.4 Å². The van der Waals surface area contributed by atoms with Gasteiger partial charge in [0.25, 0.3) is 0 Å². The van der Waals surface area contributed by atoms with Crippen LogP contribution in [-0.4, -0.2) is 142 Å². The monoisotopic (exact) mass is 1150 g/mol. The van der Waals surface area contributed by atoms with Gasteiger partial charge in [0, 0.05) is 67.4 Å². The first-order valence-corrected chi connectivity index (χ1v) is 30.0. The lowest BCUT2D eigenvalue weighted by molar-refractivity contribution is -0.148. The van der Waals surface area contributed by atoms with Gasteiger partial charge in [-0.25, -0.2) is 13.2 Å². The summed E-state index contributed by atoms with van der Waals surface area (Å²) >= 11 is 0. The molecule has 0 radical (unpaired) electrons. The van der Waals surface area contributed by atoms with E-state index in [1.807, 2.05) is 46.8 Å². The minimum Gasteiger partial charge on any atom is -0.508 e. The Balaban J connectivity index is 0.641. The van der Waals surface area contributed by atoms with Crippen LogP contribution in [0.5, 0.6) is 11.8 Å². The molecule has 4 saturated heterocycles. The maximum Gasteiger partial charge on any atom is 0.319 e. The van der Waals surface area contributed by atoms with Crippen molar-refractivity contribution >= 4 is 45.2 Å². The number of ether oxygens (including phenoxy) is 2. The Morgan fingerprint density at radius 3 is 2.30 bits per heavy atom. The number of nitrogens with one attached hydrogen (secondary N) is 3. The fourth-order valence-corrected chi connectivity index (χ4v) is 13.9. The molecular weight excluding hydrogens is 1080 g/mol. The second kappa shape index (κ2) is 22.8. The number of phenols is 1. The lowest BCUT2D eigenvalue weighted by Gasteiger charge is -2.52. The topological polar surface area (TPSA) is 195 Å². The molecule has 84 heavy (non-hydrogen) atoms. The number of halogens is 3. The van der Waals surface area contributed by atoms with Crippen LogP contribution in [0.2, 0.25) is 0 Å². The van der Waals surface area contributed by atoms with E-state index in [4.69, 9.17) is 19.4 Å². The maximum absolute atomic E-state index is 17.3. The number of fused-ring (bicyclic) bond motifs is 4. The number of piperazine rings is 1. The predicted octanol–water partition coefficient (Wildman–Crippen LogP) is 8.93. The predicted molar refractivity (Wildman–Crippen MR) is 314 cm³/mol. The number of aryl methyl sites for hydroxylation is 1. The third-order valence-corrected chi connectivity index (χ3v) is 18.9. The number of β-amino-alcohol motifs (C(OH)–C–C–N with tert-alkyl or cyclic N) is 1. The second-order valence-electron chi connectivity index (χ2n) is 26.0. The van der Waals surface area contributed by atoms with E-state index in [2.05, 4.69) is 30.7 Å². The number of pyridine rings is 1. The number of carbonyl (C=O) groups excluding carboxylic acids is 3. The average Bonchev–Trinajstić information content (AvgIpc) is 3.86. The number of rotatable bonds is 17. The number of anilines is 1. The zero-order chi connectivity index (χ0) is 58.8. The molecule has 2 bridgehead atoms. The molecule has 2 aromatic heterocycles. The lowest BCUT2D eigenvalue weighted by atomic mass is 9.61. The number of hydrogen-bond acceptors (Lipinski definition) is 13. The number of likely N-dealkylation sites (tertiary alicyclic amines) is 2. The molecule has 4 aromatic carbocycles. The minimum atomic E-state index is -0.991. The quantitative estimate of drug-likeness (QED) is 0.0582. The third kappa shape index (κ3) is 11.6. The Morgan fingerprint density at radius 2 is 1.61 bits per heavy atom. The summed E-state index contributed by atoms with van der Waals surface area (Å²) in [6, 6.07) is 18.0. The highest BCUT2D eigenvalue weighted by Gasteiger charge is 2.51. The van der Waals surface area contributed by atoms with Gasteiger partial charge >= 0.3 is 6.01 Å². The van der Waals surface area contributed by atoms with Crippen LogP contribution in [0.1, 0.15) is 110 Å². The van der Waals surface area contributed by atoms with Crippen LogP contribution in [0.15, 0.2) is 79.0 Å². The van der Waals surface area contributed by atoms with Gasteiger partial charge in [0.2, 0.25) is 17.7 Å². The summed E-state index contributed by atoms with van der Waals surface area (Å²) in [5.74, 6) is -2.25. The Morgan fingerprint density at radius 1 is 0.881 bits per heavy atom. The smallest absolute Gasteiger partial charge is 0.319 e. The Labute approximate surface area is 487 Å². The summed E-state index contributed by atoms with van der Waals surface area (Å²) in [4.78, 5) is 62.1. The third-order valence-electron chi connectivity index (χ3n) is 18.9. The summed E-state index contributed by atoms with van der Waals surface area (Å²) in [6.45, 7) is 13.4. The van der Waals surface area contributed by atoms with Gasteiger partial charge in [-0.05, 0) is 140 Å². The molecule has 19 heteroatoms. The summed E-state index contributed by atoms with van der Waals surface area (Å²) < 4.78 is 59.7. The van der Waals surface area contributed by atoms with E-state index in [1.165, 1.54) is 23.1 Å². The molecule has 6 aliphatic rings. The number of benzene rings is 4. The van der Waals surface area contributed by atoms with Gasteiger partial charge in [-0.15, -0.1) is 0 Å². The Hall–Kier alpha value is -6.93. The van der Waals surface area contributed by atoms with E-state index in [1.54, 1.807) is 48.7 Å². The summed E-state index contributed by atoms with van der Waals surface area (Å²) in [6.07, 6.45) is 8.70. The fourth-order valence-electron chi connectivity index (χ4n) is 13.9. The van der Waals surface area contributed by atoms with Crippen LogP contribution in [-0.2, 0) is 25.5 Å². The number of aromatic hydroxyl groups is 1. The standard InChI is InChI=1S/C65H76F3N9O7/c1-6-46-51(67)18-15-40-25-43(78)26-48(54(40)46)56-55(68)57-49(30-69-56)59(76-31-41-16-17-42(32-76)71-41)74-62(73-57)84-36-65(19-20-65)35-75-23-21-64(22-24-75)28-45(29-64)83-34-53(80)72-58(63(3,4)5)61(82)77-33-44(79)27-52(77)60(81)70-37(2)38-11-13-39(14-12-38)47-9-7-8-10-50(47)66/h7-15,18,25-26,30,37,41-42,44-45,52,58,71,78-79H,6,16-17,19-24,27-29,31-36H2,1-5H3,(H,70,81)(H,72,80)/t37-,41?,42?,44+,52-,58+/m0/s1. The zero-order valence-corrected chi connectivity index (χ0v) is 48.5. The van der Waals surface area contributed by atoms with Crippen LogP contribution in [0, 0.1) is 33.7 Å². The Kier molecular flexibility index (Phi) is 15.6. The highest BCUT2D eigenvalue weighted by atomic mass is 19.1. The highest BCUT2D eigenvalue weighted by Crippen LogP contribution is 2.52. The van der Waals surface area contributed by atoms with Crippen molar-refractivity contribution in [3.05, 3.63) is 108 Å². The van der Waals surface area contributed by atoms with Crippen LogP contribution >= 0.6 is 0 Å². The molecule has 1 spiro atoms. The number of hydrogen-bond donors (Lipinski definition) is 5. The van der Waals surface area contributed by atoms with Crippen molar-refractivity contribution < 1.29 is 47.2 Å². The maximum atomic E-state index is 17.3. The molecular formula is C65H76F3N9O7. The van der Waals surface area contributed by atoms with Crippen molar-refractivity contribution in [1.29, 1.82) is 0 Å². The highest BCUT2D eigenvalue weighted by molar-refractivity contribution is 6.02. The normalized spacial score (nSPS) is 22.7. The first-order valence-electron chi connectivity index (χ1n) is 30.0. The molecule has 12 rings (SSSR count). The van der Waals surface area contributed by atoms with Crippen LogP contribution in [0.3, 0.4) is 0 Å². The van der Waals surface area contributed by atoms with Crippen LogP contribution in [0.25, 0.3) is 44.1 Å². The van der Waals surface area contributed by atoms with Crippen molar-refractivity contribution in [3.63, 3.8) is 0 Å². The van der Waals surface area contributed by atoms with E-state index in [9.17, 15) is 29.0 Å². The van der Waals surface area contributed by atoms with Crippen molar-refractivity contribution in [2.24, 2.45) is 16.2 Å². The molecule has 6 atom stereocenters. The van der Waals surface area contributed by atoms with Gasteiger partial charge in [-0.2, -0.15) is 9.97 Å². The number of nitrogens with zero attached hydrogens (tertiary/aromatic N) is 6. The summed E-state index contributed by atoms with van der Waals surface area (Å²) in [5, 5.41) is 32.7. The number of aliphatic hydroxyl groups is 1. The SMILES string of the molecule is CCc1c(F)ccc2cc(O)cc(-c3ncc4c(N5CC6CCC(C5)N6)nc(OCC5(CN6CCC7(CC6)CC(OCC(=O)N[C@H](C(=O)N6C[C@H](O)C[C@H]6C(=O)N[C@@H](C)c6ccc(-c8ccccc8F)cc6)C(C)(C)C)C7)CC5)nc4c3F)c12. The number of aliphatic hydroxyl groups excluding tert-OH is 1. The molecule has 16 nitrogen and oxygen atoms in total. The molecule has 2 aliphatic carbocycles. The van der Waals surface area contributed by atoms with Gasteiger partial charge in [0.15, 0.2) is 5.82 Å². The molecule has 6 fully saturated rings. The van der Waals surface area contributed by atoms with Crippen molar-refractivity contribution in [1.82, 2.24) is 40.7 Å². The Bertz CT molecular complexity index is 3480. The summed E-state index contributed by atoms with van der Waals surface area (Å²) in [7, 11) is 0. The molecule has 2 saturated carbocycles. The molecule has 444 valence electrons. The van der Waals surface area contributed by atoms with Crippen molar-refractivity contribution in [2.75, 3.05) is 57.4 Å². The molecule has 3 amide bonds. The fraction of sp³-hybridized carbons (Fsp3) is 0.508. The number of carbonyl (C=O) groups is 3. The minimum absolute atomic E-state index is 0.0376. The van der Waals surface area contributed by atoms with Crippen molar-refractivity contribution in [3.8, 4) is 34.1 Å². The first kappa shape index (κ1) is 57.5. The van der Waals surface area contributed by atoms with Crippen molar-refractivity contribution in [2.45, 2.75) is 141 Å². The number of phenolic OH excluding ortho intramolecular Hbond substituents is 1. The average molecular weight is 1150 g/mol. The number of piperidine rings is 1. The van der Waals surface area contributed by atoms with E-state index in [0.29, 0.717) is 64.8 Å². The second-order valence-corrected chi connectivity index (χ2v) is 26.0. The van der Waals surface area contributed by atoms with Crippen LogP contribution < -0.4 is 25.6 Å². The zero-order valence-electron chi connectivity index (χ0n) is 48.5. The largest absolute Gasteiger partial charge is 0.508 e. The lowest BCUT2D eigenvalue weighted by Crippen LogP contribution is -2.58. The van der Waals surface area contributed by atoms with E-state index in [-0.39, 0.29) is 82.9 Å². The number of amides is 3. The van der Waals surface area contributed by atoms with Gasteiger partial charge < -0.3 is 50.3 Å². The molecule has 4 aliphatic heterocycles. The molecule has 6 aromatic rings. The van der Waals surface area contributed by atoms with Gasteiger partial charge in [-0.1, -0.05) is 76.2 Å². The first-order chi connectivity index (χ1) is 40.2.